The maximum atomic E-state index is 12.4. The molecule has 1 rings (SSSR count). The summed E-state index contributed by atoms with van der Waals surface area (Å²) < 4.78 is 37.1. The first kappa shape index (κ1) is 15.5. The number of alkyl halides is 3. The molecule has 2 atom stereocenters. The lowest BCUT2D eigenvalue weighted by Crippen LogP contribution is -2.49. The molecule has 3 N–H and O–H groups in total. The second kappa shape index (κ2) is 4.77. The summed E-state index contributed by atoms with van der Waals surface area (Å²) in [5.74, 6) is -0.574. The molecule has 1 aliphatic heterocycles. The van der Waals surface area contributed by atoms with Gasteiger partial charge in [-0.3, -0.25) is 4.79 Å². The van der Waals surface area contributed by atoms with Crippen LogP contribution in [0.4, 0.5) is 13.2 Å². The average molecular weight is 263 g/mol. The molecule has 4 nitrogen and oxygen atoms in total. The number of hydrogen-bond donors (Lipinski definition) is 2. The van der Waals surface area contributed by atoms with E-state index >= 15 is 0 Å². The Morgan fingerprint density at radius 3 is 2.38 bits per heavy atom. The van der Waals surface area contributed by atoms with E-state index in [0.717, 1.165) is 4.90 Å². The summed E-state index contributed by atoms with van der Waals surface area (Å²) >= 11 is 0. The first-order chi connectivity index (χ1) is 6.67. The van der Waals surface area contributed by atoms with Crippen molar-refractivity contribution in [3.8, 4) is 0 Å². The van der Waals surface area contributed by atoms with Crippen molar-refractivity contribution in [2.75, 3.05) is 13.1 Å². The van der Waals surface area contributed by atoms with Gasteiger partial charge >= 0.3 is 6.18 Å². The van der Waals surface area contributed by atoms with E-state index in [9.17, 15) is 23.1 Å². The average Bonchev–Trinajstić information content (AvgIpc) is 2.46. The van der Waals surface area contributed by atoms with Crippen LogP contribution in [0.25, 0.3) is 0 Å². The van der Waals surface area contributed by atoms with Gasteiger partial charge in [0.25, 0.3) is 0 Å². The van der Waals surface area contributed by atoms with Gasteiger partial charge in [-0.25, -0.2) is 0 Å². The third-order valence-corrected chi connectivity index (χ3v) is 2.48. The number of nitrogens with two attached hydrogens (primary N) is 1. The summed E-state index contributed by atoms with van der Waals surface area (Å²) in [6.45, 7) is 0.556. The van der Waals surface area contributed by atoms with E-state index in [1.807, 2.05) is 0 Å². The third kappa shape index (κ3) is 2.78. The van der Waals surface area contributed by atoms with Crippen LogP contribution in [-0.2, 0) is 4.79 Å². The molecule has 8 heteroatoms. The minimum absolute atomic E-state index is 0. The minimum Gasteiger partial charge on any atom is -0.379 e. The molecule has 0 aliphatic carbocycles. The normalized spacial score (nSPS) is 27.5. The van der Waals surface area contributed by atoms with E-state index < -0.39 is 36.7 Å². The molecule has 0 bridgehead atoms. The zero-order chi connectivity index (χ0) is 11.9. The Morgan fingerprint density at radius 2 is 2.06 bits per heavy atom. The predicted molar refractivity (Wildman–Crippen MR) is 53.1 cm³/mol. The van der Waals surface area contributed by atoms with Gasteiger partial charge in [0.05, 0.1) is 12.6 Å². The molecule has 1 unspecified atom stereocenters. The molecular weight excluding hydrogens is 249 g/mol. The van der Waals surface area contributed by atoms with Crippen molar-refractivity contribution >= 4 is 18.3 Å². The van der Waals surface area contributed by atoms with Gasteiger partial charge in [-0.05, 0) is 6.92 Å². The van der Waals surface area contributed by atoms with Crippen molar-refractivity contribution in [1.82, 2.24) is 4.90 Å². The number of likely N-dealkylation sites (tertiary alicyclic amines) is 1. The molecule has 0 aromatic carbocycles. The summed E-state index contributed by atoms with van der Waals surface area (Å²) in [6.07, 6.45) is -5.20. The molecule has 0 spiro atoms. The Balaban J connectivity index is 0.00000225. The highest BCUT2D eigenvalue weighted by Gasteiger charge is 2.57. The zero-order valence-electron chi connectivity index (χ0n) is 8.62. The fraction of sp³-hybridized carbons (Fsp3) is 0.875. The van der Waals surface area contributed by atoms with Crippen LogP contribution in [0, 0.1) is 0 Å². The van der Waals surface area contributed by atoms with E-state index in [4.69, 9.17) is 5.73 Å². The largest absolute Gasteiger partial charge is 0.419 e. The molecule has 0 saturated carbocycles. The van der Waals surface area contributed by atoms with Crippen LogP contribution < -0.4 is 5.73 Å². The lowest BCUT2D eigenvalue weighted by molar-refractivity contribution is -0.253. The molecule has 0 aromatic rings. The molecule has 1 amide bonds. The number of β-amino-alcohol motifs (C(OH)–C–C–N with tert-alkyl or cyclic N) is 1. The van der Waals surface area contributed by atoms with Crippen molar-refractivity contribution in [2.45, 2.75) is 31.2 Å². The van der Waals surface area contributed by atoms with E-state index in [1.165, 1.54) is 6.92 Å². The molecule has 1 heterocycles. The topological polar surface area (TPSA) is 66.6 Å². The number of carbonyl (C=O) groups excluding carboxylic acids is 1. The second-order valence-electron chi connectivity index (χ2n) is 3.83. The number of carbonyl (C=O) groups is 1. The van der Waals surface area contributed by atoms with Crippen molar-refractivity contribution in [1.29, 1.82) is 0 Å². The van der Waals surface area contributed by atoms with Gasteiger partial charge in [-0.1, -0.05) is 0 Å². The number of nitrogens with zero attached hydrogens (tertiary/aromatic N) is 1. The molecule has 0 aromatic heterocycles. The lowest BCUT2D eigenvalue weighted by Gasteiger charge is -2.26. The van der Waals surface area contributed by atoms with Crippen LogP contribution in [-0.4, -0.2) is 46.8 Å². The SMILES string of the molecule is C[C@@H](N)C(=O)N1CCC(O)(C(F)(F)F)C1.Cl. The van der Waals surface area contributed by atoms with Gasteiger partial charge in [0.1, 0.15) is 0 Å². The molecular formula is C8H14ClF3N2O2. The van der Waals surface area contributed by atoms with Crippen molar-refractivity contribution in [3.05, 3.63) is 0 Å². The zero-order valence-corrected chi connectivity index (χ0v) is 9.44. The van der Waals surface area contributed by atoms with E-state index in [1.54, 1.807) is 0 Å². The standard InChI is InChI=1S/C8H13F3N2O2.ClH/c1-5(12)6(14)13-3-2-7(15,4-13)8(9,10)11;/h5,15H,2-4,12H2,1H3;1H/t5-,7?;/m1./s1. The number of hydrogen-bond acceptors (Lipinski definition) is 3. The predicted octanol–water partition coefficient (Wildman–Crippen LogP) is 0.281. The van der Waals surface area contributed by atoms with Crippen LogP contribution in [0.5, 0.6) is 0 Å². The number of amides is 1. The van der Waals surface area contributed by atoms with Crippen LogP contribution in [0.2, 0.25) is 0 Å². The Morgan fingerprint density at radius 1 is 1.56 bits per heavy atom. The number of halogens is 4. The lowest BCUT2D eigenvalue weighted by atomic mass is 10.0. The maximum Gasteiger partial charge on any atom is 0.419 e. The van der Waals surface area contributed by atoms with Gasteiger partial charge in [0.15, 0.2) is 5.60 Å². The second-order valence-corrected chi connectivity index (χ2v) is 3.83. The molecule has 1 fully saturated rings. The summed E-state index contributed by atoms with van der Waals surface area (Å²) in [5, 5.41) is 9.27. The van der Waals surface area contributed by atoms with E-state index in [0.29, 0.717) is 0 Å². The van der Waals surface area contributed by atoms with Gasteiger partial charge in [0, 0.05) is 13.0 Å². The van der Waals surface area contributed by atoms with Gasteiger partial charge in [0.2, 0.25) is 5.91 Å². The molecule has 0 radical (unpaired) electrons. The van der Waals surface area contributed by atoms with Crippen LogP contribution in [0.1, 0.15) is 13.3 Å². The summed E-state index contributed by atoms with van der Waals surface area (Å²) in [4.78, 5) is 12.2. The molecule has 16 heavy (non-hydrogen) atoms. The van der Waals surface area contributed by atoms with Crippen molar-refractivity contribution < 1.29 is 23.1 Å². The third-order valence-electron chi connectivity index (χ3n) is 2.48. The van der Waals surface area contributed by atoms with Crippen LogP contribution >= 0.6 is 12.4 Å². The maximum absolute atomic E-state index is 12.4. The van der Waals surface area contributed by atoms with Crippen LogP contribution in [0.15, 0.2) is 0 Å². The van der Waals surface area contributed by atoms with Crippen LogP contribution in [0.3, 0.4) is 0 Å². The Labute approximate surface area is 97.0 Å². The number of rotatable bonds is 1. The van der Waals surface area contributed by atoms with Gasteiger partial charge in [-0.2, -0.15) is 13.2 Å². The van der Waals surface area contributed by atoms with Gasteiger partial charge < -0.3 is 15.7 Å². The highest BCUT2D eigenvalue weighted by molar-refractivity contribution is 5.85. The summed E-state index contributed by atoms with van der Waals surface area (Å²) in [7, 11) is 0. The minimum atomic E-state index is -4.71. The van der Waals surface area contributed by atoms with E-state index in [2.05, 4.69) is 0 Å². The fourth-order valence-electron chi connectivity index (χ4n) is 1.50. The van der Waals surface area contributed by atoms with Crippen molar-refractivity contribution in [2.24, 2.45) is 5.73 Å². The molecule has 96 valence electrons. The Hall–Kier alpha value is -0.530. The molecule has 1 aliphatic rings. The Kier molecular flexibility index (Phi) is 4.61. The summed E-state index contributed by atoms with van der Waals surface area (Å²) in [6, 6.07) is -0.847. The smallest absolute Gasteiger partial charge is 0.379 e. The van der Waals surface area contributed by atoms with E-state index in [-0.39, 0.29) is 19.0 Å². The fourth-order valence-corrected chi connectivity index (χ4v) is 1.50. The highest BCUT2D eigenvalue weighted by atomic mass is 35.5. The first-order valence-corrected chi connectivity index (χ1v) is 4.51. The highest BCUT2D eigenvalue weighted by Crippen LogP contribution is 2.37. The van der Waals surface area contributed by atoms with Crippen molar-refractivity contribution in [3.63, 3.8) is 0 Å². The quantitative estimate of drug-likeness (QED) is 0.713. The first-order valence-electron chi connectivity index (χ1n) is 4.51. The Bertz CT molecular complexity index is 272. The number of aliphatic hydroxyl groups is 1. The summed E-state index contributed by atoms with van der Waals surface area (Å²) in [5.41, 5.74) is 2.48. The van der Waals surface area contributed by atoms with Gasteiger partial charge in [-0.15, -0.1) is 12.4 Å². The molecule has 1 saturated heterocycles. The monoisotopic (exact) mass is 262 g/mol.